The highest BCUT2D eigenvalue weighted by molar-refractivity contribution is 5.84. The van der Waals surface area contributed by atoms with Gasteiger partial charge < -0.3 is 9.52 Å². The number of hydrogen-bond donors (Lipinski definition) is 1. The molecule has 0 aliphatic carbocycles. The van der Waals surface area contributed by atoms with Crippen LogP contribution in [0.5, 0.6) is 0 Å². The molecule has 14 heavy (non-hydrogen) atoms. The molecule has 1 N–H and O–H groups in total. The van der Waals surface area contributed by atoms with Crippen molar-refractivity contribution >= 4 is 5.97 Å². The van der Waals surface area contributed by atoms with E-state index in [2.05, 4.69) is 9.97 Å². The first kappa shape index (κ1) is 8.49. The third-order valence-electron chi connectivity index (χ3n) is 1.64. The lowest BCUT2D eigenvalue weighted by molar-refractivity contribution is 0.0690. The van der Waals surface area contributed by atoms with Gasteiger partial charge in [0.15, 0.2) is 5.69 Å². The van der Waals surface area contributed by atoms with E-state index in [1.165, 1.54) is 10.9 Å². The lowest BCUT2D eigenvalue weighted by Crippen LogP contribution is -1.97. The zero-order valence-electron chi connectivity index (χ0n) is 7.34. The number of imidazole rings is 1. The Kier molecular flexibility index (Phi) is 1.81. The van der Waals surface area contributed by atoms with Crippen molar-refractivity contribution in [2.45, 2.75) is 6.92 Å². The van der Waals surface area contributed by atoms with Crippen molar-refractivity contribution in [3.05, 3.63) is 30.2 Å². The van der Waals surface area contributed by atoms with Gasteiger partial charge in [-0.1, -0.05) is 0 Å². The molecule has 0 unspecified atom stereocenters. The summed E-state index contributed by atoms with van der Waals surface area (Å²) in [5, 5.41) is 8.60. The highest BCUT2D eigenvalue weighted by atomic mass is 16.4. The van der Waals surface area contributed by atoms with E-state index >= 15 is 0 Å². The molecule has 2 heterocycles. The second kappa shape index (κ2) is 2.99. The number of hydrogen-bond acceptors (Lipinski definition) is 4. The van der Waals surface area contributed by atoms with Crippen LogP contribution in [-0.2, 0) is 0 Å². The highest BCUT2D eigenvalue weighted by Crippen LogP contribution is 2.08. The van der Waals surface area contributed by atoms with E-state index in [-0.39, 0.29) is 11.7 Å². The van der Waals surface area contributed by atoms with E-state index in [9.17, 15) is 4.79 Å². The molecule has 0 saturated heterocycles. The van der Waals surface area contributed by atoms with Crippen LogP contribution in [0.25, 0.3) is 6.01 Å². The molecule has 0 amide bonds. The summed E-state index contributed by atoms with van der Waals surface area (Å²) >= 11 is 0. The number of aromatic carboxylic acids is 1. The van der Waals surface area contributed by atoms with Crippen molar-refractivity contribution < 1.29 is 14.3 Å². The average Bonchev–Trinajstić information content (AvgIpc) is 2.70. The Morgan fingerprint density at radius 3 is 2.93 bits per heavy atom. The zero-order valence-corrected chi connectivity index (χ0v) is 7.34. The summed E-state index contributed by atoms with van der Waals surface area (Å²) in [4.78, 5) is 18.2. The standard InChI is InChI=1S/C8H7N3O3/c1-5-2-11(4-9-5)8-10-6(3-14-8)7(12)13/h2-4H,1H3,(H,12,13). The summed E-state index contributed by atoms with van der Waals surface area (Å²) < 4.78 is 6.47. The van der Waals surface area contributed by atoms with Crippen LogP contribution in [0.15, 0.2) is 23.2 Å². The molecule has 0 aromatic carbocycles. The average molecular weight is 193 g/mol. The van der Waals surface area contributed by atoms with E-state index in [1.54, 1.807) is 6.20 Å². The molecule has 2 rings (SSSR count). The van der Waals surface area contributed by atoms with E-state index in [4.69, 9.17) is 9.52 Å². The molecular formula is C8H7N3O3. The Labute approximate surface area is 78.8 Å². The van der Waals surface area contributed by atoms with Crippen LogP contribution in [0, 0.1) is 6.92 Å². The molecule has 0 bridgehead atoms. The van der Waals surface area contributed by atoms with E-state index < -0.39 is 5.97 Å². The predicted molar refractivity (Wildman–Crippen MR) is 45.3 cm³/mol. The Morgan fingerprint density at radius 2 is 2.43 bits per heavy atom. The Hall–Kier alpha value is -2.11. The fourth-order valence-electron chi connectivity index (χ4n) is 1.01. The first-order valence-corrected chi connectivity index (χ1v) is 3.86. The number of nitrogens with zero attached hydrogens (tertiary/aromatic N) is 3. The van der Waals surface area contributed by atoms with Crippen molar-refractivity contribution in [2.75, 3.05) is 0 Å². The van der Waals surface area contributed by atoms with Crippen molar-refractivity contribution in [3.63, 3.8) is 0 Å². The maximum Gasteiger partial charge on any atom is 0.357 e. The van der Waals surface area contributed by atoms with E-state index in [0.29, 0.717) is 0 Å². The third kappa shape index (κ3) is 1.37. The van der Waals surface area contributed by atoms with Gasteiger partial charge in [0, 0.05) is 6.20 Å². The second-order valence-corrected chi connectivity index (χ2v) is 2.74. The summed E-state index contributed by atoms with van der Waals surface area (Å²) in [5.41, 5.74) is 0.687. The van der Waals surface area contributed by atoms with Crippen LogP contribution in [0.1, 0.15) is 16.2 Å². The van der Waals surface area contributed by atoms with Crippen LogP contribution >= 0.6 is 0 Å². The maximum atomic E-state index is 10.5. The largest absolute Gasteiger partial charge is 0.476 e. The topological polar surface area (TPSA) is 81.2 Å². The molecule has 6 nitrogen and oxygen atoms in total. The normalized spacial score (nSPS) is 10.4. The molecule has 2 aromatic rings. The van der Waals surface area contributed by atoms with Crippen LogP contribution in [0.2, 0.25) is 0 Å². The van der Waals surface area contributed by atoms with Gasteiger partial charge in [0.1, 0.15) is 12.6 Å². The molecule has 0 radical (unpaired) electrons. The van der Waals surface area contributed by atoms with Crippen molar-refractivity contribution in [1.29, 1.82) is 0 Å². The Balaban J connectivity index is 2.38. The number of oxazole rings is 1. The Bertz CT molecular complexity index is 472. The minimum Gasteiger partial charge on any atom is -0.476 e. The van der Waals surface area contributed by atoms with Crippen LogP contribution in [0.3, 0.4) is 0 Å². The van der Waals surface area contributed by atoms with Crippen molar-refractivity contribution in [3.8, 4) is 6.01 Å². The fraction of sp³-hybridized carbons (Fsp3) is 0.125. The summed E-state index contributed by atoms with van der Waals surface area (Å²) in [7, 11) is 0. The molecule has 0 fully saturated rings. The molecule has 6 heteroatoms. The number of rotatable bonds is 2. The molecule has 0 atom stereocenters. The number of aryl methyl sites for hydroxylation is 1. The van der Waals surface area contributed by atoms with E-state index in [1.807, 2.05) is 6.92 Å². The molecule has 0 aliphatic heterocycles. The minimum absolute atomic E-state index is 0.119. The fourth-order valence-corrected chi connectivity index (χ4v) is 1.01. The first-order chi connectivity index (χ1) is 6.66. The predicted octanol–water partition coefficient (Wildman–Crippen LogP) is 0.867. The molecular weight excluding hydrogens is 186 g/mol. The first-order valence-electron chi connectivity index (χ1n) is 3.86. The monoisotopic (exact) mass is 193 g/mol. The SMILES string of the molecule is Cc1cn(-c2nc(C(=O)O)co2)cn1. The second-order valence-electron chi connectivity index (χ2n) is 2.74. The summed E-state index contributed by atoms with van der Waals surface area (Å²) in [6, 6.07) is 0.197. The van der Waals surface area contributed by atoms with Crippen LogP contribution < -0.4 is 0 Å². The Morgan fingerprint density at radius 1 is 1.64 bits per heavy atom. The van der Waals surface area contributed by atoms with Gasteiger partial charge in [-0.25, -0.2) is 9.78 Å². The van der Waals surface area contributed by atoms with E-state index in [0.717, 1.165) is 12.0 Å². The zero-order chi connectivity index (χ0) is 10.1. The molecule has 72 valence electrons. The molecule has 0 saturated carbocycles. The van der Waals surface area contributed by atoms with Gasteiger partial charge in [-0.15, -0.1) is 0 Å². The van der Waals surface area contributed by atoms with Crippen molar-refractivity contribution in [2.24, 2.45) is 0 Å². The highest BCUT2D eigenvalue weighted by Gasteiger charge is 2.11. The number of aromatic nitrogens is 3. The van der Waals surface area contributed by atoms with Gasteiger partial charge in [-0.2, -0.15) is 4.98 Å². The quantitative estimate of drug-likeness (QED) is 0.765. The lowest BCUT2D eigenvalue weighted by atomic mass is 10.5. The lowest BCUT2D eigenvalue weighted by Gasteiger charge is -1.90. The molecule has 2 aromatic heterocycles. The summed E-state index contributed by atoms with van der Waals surface area (Å²) in [6.45, 7) is 1.82. The van der Waals surface area contributed by atoms with Gasteiger partial charge in [0.25, 0.3) is 0 Å². The molecule has 0 spiro atoms. The maximum absolute atomic E-state index is 10.5. The van der Waals surface area contributed by atoms with Crippen LogP contribution in [0.4, 0.5) is 0 Å². The summed E-state index contributed by atoms with van der Waals surface area (Å²) in [5.74, 6) is -1.11. The van der Waals surface area contributed by atoms with Gasteiger partial charge >= 0.3 is 12.0 Å². The number of carboxylic acids is 1. The third-order valence-corrected chi connectivity index (χ3v) is 1.64. The van der Waals surface area contributed by atoms with Crippen molar-refractivity contribution in [1.82, 2.24) is 14.5 Å². The number of carbonyl (C=O) groups is 1. The smallest absolute Gasteiger partial charge is 0.357 e. The molecule has 0 aliphatic rings. The van der Waals surface area contributed by atoms with Crippen LogP contribution in [-0.4, -0.2) is 25.6 Å². The summed E-state index contributed by atoms with van der Waals surface area (Å²) in [6.07, 6.45) is 4.29. The van der Waals surface area contributed by atoms with Gasteiger partial charge in [-0.3, -0.25) is 4.57 Å². The number of carboxylic acid groups (broad SMARTS) is 1. The minimum atomic E-state index is -1.11. The van der Waals surface area contributed by atoms with Gasteiger partial charge in [0.2, 0.25) is 0 Å². The van der Waals surface area contributed by atoms with Gasteiger partial charge in [0.05, 0.1) is 5.69 Å². The van der Waals surface area contributed by atoms with Gasteiger partial charge in [-0.05, 0) is 6.92 Å².